The molecule has 0 aliphatic rings. The summed E-state index contributed by atoms with van der Waals surface area (Å²) in [6.45, 7) is 10.9. The Morgan fingerprint density at radius 3 is 2.09 bits per heavy atom. The molecular weight excluding hydrogens is 295 g/mol. The number of rotatable bonds is 7. The minimum atomic E-state index is 0.120. The minimum absolute atomic E-state index is 0.120. The van der Waals surface area contributed by atoms with Gasteiger partial charge in [0.15, 0.2) is 5.52 Å². The van der Waals surface area contributed by atoms with Gasteiger partial charge >= 0.3 is 0 Å². The fraction of sp³-hybridized carbons (Fsp3) is 0.611. The number of ether oxygens (including phenoxy) is 2. The molecule has 0 saturated heterocycles. The van der Waals surface area contributed by atoms with Crippen LogP contribution in [0.1, 0.15) is 50.0 Å². The van der Waals surface area contributed by atoms with E-state index in [2.05, 4.69) is 27.7 Å². The first-order valence-corrected chi connectivity index (χ1v) is 8.89. The molecule has 2 atom stereocenters. The zero-order valence-electron chi connectivity index (χ0n) is 14.9. The summed E-state index contributed by atoms with van der Waals surface area (Å²) < 4.78 is 10.8. The Balaban J connectivity index is 2.85. The van der Waals surface area contributed by atoms with E-state index >= 15 is 0 Å². The summed E-state index contributed by atoms with van der Waals surface area (Å²) in [6, 6.07) is 3.78. The van der Waals surface area contributed by atoms with Crippen molar-refractivity contribution in [3.63, 3.8) is 0 Å². The molecule has 0 heterocycles. The van der Waals surface area contributed by atoms with Gasteiger partial charge in [0, 0.05) is 0 Å². The largest absolute Gasteiger partial charge is 0.496 e. The Morgan fingerprint density at radius 1 is 1.18 bits per heavy atom. The van der Waals surface area contributed by atoms with Crippen LogP contribution >= 0.6 is 8.58 Å². The fourth-order valence-electron chi connectivity index (χ4n) is 2.74. The summed E-state index contributed by atoms with van der Waals surface area (Å²) in [6.07, 6.45) is 2.03. The van der Waals surface area contributed by atoms with E-state index < -0.39 is 0 Å². The second-order valence-corrected chi connectivity index (χ2v) is 8.34. The zero-order chi connectivity index (χ0) is 16.9. The summed E-state index contributed by atoms with van der Waals surface area (Å²) in [5, 5.41) is 0. The van der Waals surface area contributed by atoms with Gasteiger partial charge in [0.2, 0.25) is 0 Å². The Kier molecular flexibility index (Phi) is 6.87. The number of aryl methyl sites for hydroxylation is 1. The number of hydrogen-bond donors (Lipinski definition) is 0. The molecule has 0 aliphatic heterocycles. The van der Waals surface area contributed by atoms with Crippen LogP contribution in [0.4, 0.5) is 0 Å². The highest BCUT2D eigenvalue weighted by molar-refractivity contribution is 7.58. The molecule has 1 aromatic rings. The van der Waals surface area contributed by atoms with Crippen molar-refractivity contribution in [3.05, 3.63) is 23.3 Å². The van der Waals surface area contributed by atoms with Gasteiger partial charge in [0.1, 0.15) is 17.1 Å². The highest BCUT2D eigenvalue weighted by Crippen LogP contribution is 2.37. The van der Waals surface area contributed by atoms with E-state index in [1.54, 1.807) is 14.2 Å². The van der Waals surface area contributed by atoms with Gasteiger partial charge in [-0.15, -0.1) is 0 Å². The van der Waals surface area contributed by atoms with Gasteiger partial charge in [0.25, 0.3) is 0 Å². The average Bonchev–Trinajstić information content (AvgIpc) is 2.41. The predicted molar refractivity (Wildman–Crippen MR) is 95.0 cm³/mol. The maximum Gasteiger partial charge on any atom is 0.188 e. The van der Waals surface area contributed by atoms with E-state index in [9.17, 15) is 4.79 Å². The summed E-state index contributed by atoms with van der Waals surface area (Å²) in [7, 11) is 3.43. The van der Waals surface area contributed by atoms with E-state index in [0.717, 1.165) is 18.1 Å². The fourth-order valence-corrected chi connectivity index (χ4v) is 3.84. The first-order valence-electron chi connectivity index (χ1n) is 7.68. The van der Waals surface area contributed by atoms with E-state index in [1.165, 1.54) is 0 Å². The molecular formula is C18H29O3P. The molecule has 0 aromatic heterocycles. The molecule has 4 heteroatoms. The standard InChI is InChI=1S/C18H29O3P/c1-12-8-14(20-6)16(15(9-12)21-7)17(19)22-11-13(2)10-18(3,4)5/h8-9,13,22H,10-11H2,1-7H3. The van der Waals surface area contributed by atoms with Gasteiger partial charge in [-0.1, -0.05) is 27.7 Å². The average molecular weight is 324 g/mol. The van der Waals surface area contributed by atoms with Gasteiger partial charge in [-0.05, 0) is 57.1 Å². The maximum absolute atomic E-state index is 12.6. The molecule has 0 bridgehead atoms. The van der Waals surface area contributed by atoms with Gasteiger partial charge in [-0.3, -0.25) is 4.79 Å². The summed E-state index contributed by atoms with van der Waals surface area (Å²) in [4.78, 5) is 12.6. The SMILES string of the molecule is COc1cc(C)cc(OC)c1C(=O)PCC(C)CC(C)(C)C. The molecule has 0 fully saturated rings. The van der Waals surface area contributed by atoms with Crippen LogP contribution in [-0.4, -0.2) is 25.9 Å². The van der Waals surface area contributed by atoms with Crippen LogP contribution in [0, 0.1) is 18.3 Å². The van der Waals surface area contributed by atoms with E-state index in [4.69, 9.17) is 9.47 Å². The van der Waals surface area contributed by atoms with Crippen LogP contribution < -0.4 is 9.47 Å². The molecule has 1 rings (SSSR count). The van der Waals surface area contributed by atoms with E-state index in [1.807, 2.05) is 19.1 Å². The highest BCUT2D eigenvalue weighted by atomic mass is 31.1. The normalized spacial score (nSPS) is 13.4. The quantitative estimate of drug-likeness (QED) is 0.669. The maximum atomic E-state index is 12.6. The van der Waals surface area contributed by atoms with Crippen LogP contribution in [-0.2, 0) is 0 Å². The highest BCUT2D eigenvalue weighted by Gasteiger charge is 2.21. The Morgan fingerprint density at radius 2 is 1.68 bits per heavy atom. The Bertz CT molecular complexity index is 493. The van der Waals surface area contributed by atoms with Gasteiger partial charge in [0.05, 0.1) is 14.2 Å². The molecule has 0 amide bonds. The third kappa shape index (κ3) is 5.61. The van der Waals surface area contributed by atoms with Crippen LogP contribution in [0.2, 0.25) is 0 Å². The molecule has 3 nitrogen and oxygen atoms in total. The number of hydrogen-bond acceptors (Lipinski definition) is 3. The van der Waals surface area contributed by atoms with E-state index in [0.29, 0.717) is 28.4 Å². The first kappa shape index (κ1) is 19.0. The molecule has 1 aromatic carbocycles. The second-order valence-electron chi connectivity index (χ2n) is 7.12. The molecule has 0 saturated carbocycles. The molecule has 0 N–H and O–H groups in total. The van der Waals surface area contributed by atoms with Crippen molar-refractivity contribution in [3.8, 4) is 11.5 Å². The number of benzene rings is 1. The van der Waals surface area contributed by atoms with Crippen molar-refractivity contribution < 1.29 is 14.3 Å². The zero-order valence-corrected chi connectivity index (χ0v) is 15.9. The lowest BCUT2D eigenvalue weighted by atomic mass is 9.86. The smallest absolute Gasteiger partial charge is 0.188 e. The van der Waals surface area contributed by atoms with Crippen molar-refractivity contribution in [1.82, 2.24) is 0 Å². The molecule has 2 unspecified atom stereocenters. The molecule has 0 radical (unpaired) electrons. The second kappa shape index (κ2) is 7.97. The van der Waals surface area contributed by atoms with Crippen LogP contribution in [0.25, 0.3) is 0 Å². The summed E-state index contributed by atoms with van der Waals surface area (Å²) in [5.41, 5.74) is 2.02. The molecule has 124 valence electrons. The number of carbonyl (C=O) groups excluding carboxylic acids is 1. The van der Waals surface area contributed by atoms with Crippen molar-refractivity contribution in [2.24, 2.45) is 11.3 Å². The van der Waals surface area contributed by atoms with Crippen molar-refractivity contribution >= 4 is 14.1 Å². The first-order chi connectivity index (χ1) is 10.2. The van der Waals surface area contributed by atoms with Crippen molar-refractivity contribution in [1.29, 1.82) is 0 Å². The van der Waals surface area contributed by atoms with Crippen molar-refractivity contribution in [2.75, 3.05) is 20.4 Å². The number of carbonyl (C=O) groups is 1. The van der Waals surface area contributed by atoms with E-state index in [-0.39, 0.29) is 14.1 Å². The molecule has 0 aliphatic carbocycles. The third-order valence-corrected chi connectivity index (χ3v) is 4.92. The summed E-state index contributed by atoms with van der Waals surface area (Å²) >= 11 is 0. The third-order valence-electron chi connectivity index (χ3n) is 3.45. The van der Waals surface area contributed by atoms with Gasteiger partial charge in [-0.25, -0.2) is 0 Å². The lowest BCUT2D eigenvalue weighted by Crippen LogP contribution is -2.13. The van der Waals surface area contributed by atoms with Crippen LogP contribution in [0.5, 0.6) is 11.5 Å². The summed E-state index contributed by atoms with van der Waals surface area (Å²) in [5.74, 6) is 1.75. The number of methoxy groups -OCH3 is 2. The van der Waals surface area contributed by atoms with Crippen molar-refractivity contribution in [2.45, 2.75) is 41.0 Å². The minimum Gasteiger partial charge on any atom is -0.496 e. The van der Waals surface area contributed by atoms with Crippen LogP contribution in [0.15, 0.2) is 12.1 Å². The lowest BCUT2D eigenvalue weighted by Gasteiger charge is -2.23. The topological polar surface area (TPSA) is 35.5 Å². The Hall–Kier alpha value is -1.08. The van der Waals surface area contributed by atoms with Gasteiger partial charge in [-0.2, -0.15) is 0 Å². The lowest BCUT2D eigenvalue weighted by molar-refractivity contribution is 0.107. The molecule has 22 heavy (non-hydrogen) atoms. The van der Waals surface area contributed by atoms with Crippen LogP contribution in [0.3, 0.4) is 0 Å². The van der Waals surface area contributed by atoms with Gasteiger partial charge < -0.3 is 9.47 Å². The monoisotopic (exact) mass is 324 g/mol. The molecule has 0 spiro atoms. The Labute approximate surface area is 136 Å². The predicted octanol–water partition coefficient (Wildman–Crippen LogP) is 4.90.